The largest absolute Gasteiger partial charge is 0.271 e. The van der Waals surface area contributed by atoms with Gasteiger partial charge in [-0.15, -0.1) is 0 Å². The average molecular weight is 358 g/mol. The molecule has 0 fully saturated rings. The second kappa shape index (κ2) is 6.68. The van der Waals surface area contributed by atoms with Crippen LogP contribution < -0.4 is 11.3 Å². The van der Waals surface area contributed by atoms with Crippen LogP contribution in [0.3, 0.4) is 0 Å². The summed E-state index contributed by atoms with van der Waals surface area (Å²) in [5, 5.41) is 0.665. The lowest BCUT2D eigenvalue weighted by atomic mass is 9.98. The molecule has 0 aliphatic carbocycles. The normalized spacial score (nSPS) is 12.4. The molecule has 1 unspecified atom stereocenters. The molecule has 2 rings (SSSR count). The minimum Gasteiger partial charge on any atom is -0.271 e. The van der Waals surface area contributed by atoms with Crippen molar-refractivity contribution in [1.82, 2.24) is 5.43 Å². The number of halogens is 3. The lowest BCUT2D eigenvalue weighted by molar-refractivity contribution is 0.546. The molecule has 2 aromatic rings. The van der Waals surface area contributed by atoms with E-state index in [9.17, 15) is 4.39 Å². The van der Waals surface area contributed by atoms with Gasteiger partial charge in [0.1, 0.15) is 5.82 Å². The Labute approximate surface area is 131 Å². The minimum absolute atomic E-state index is 0.134. The van der Waals surface area contributed by atoms with E-state index in [4.69, 9.17) is 17.4 Å². The summed E-state index contributed by atoms with van der Waals surface area (Å²) >= 11 is 9.34. The Balaban J connectivity index is 2.31. The highest BCUT2D eigenvalue weighted by atomic mass is 79.9. The molecular formula is C15H15BrClFN2. The van der Waals surface area contributed by atoms with Gasteiger partial charge in [0.05, 0.1) is 10.5 Å². The molecule has 20 heavy (non-hydrogen) atoms. The van der Waals surface area contributed by atoms with Gasteiger partial charge in [0.2, 0.25) is 0 Å². The summed E-state index contributed by atoms with van der Waals surface area (Å²) in [4.78, 5) is 0. The summed E-state index contributed by atoms with van der Waals surface area (Å²) in [5.74, 6) is 5.36. The van der Waals surface area contributed by atoms with Crippen molar-refractivity contribution in [1.29, 1.82) is 0 Å². The first-order chi connectivity index (χ1) is 9.51. The van der Waals surface area contributed by atoms with Gasteiger partial charge in [-0.1, -0.05) is 29.8 Å². The zero-order valence-corrected chi connectivity index (χ0v) is 13.3. The number of benzene rings is 2. The van der Waals surface area contributed by atoms with Crippen molar-refractivity contribution in [3.8, 4) is 0 Å². The van der Waals surface area contributed by atoms with E-state index in [-0.39, 0.29) is 11.9 Å². The molecule has 2 nitrogen and oxygen atoms in total. The van der Waals surface area contributed by atoms with Crippen molar-refractivity contribution in [2.24, 2.45) is 5.84 Å². The third-order valence-electron chi connectivity index (χ3n) is 3.12. The molecule has 0 saturated carbocycles. The van der Waals surface area contributed by atoms with Crippen molar-refractivity contribution >= 4 is 27.5 Å². The summed E-state index contributed by atoms with van der Waals surface area (Å²) < 4.78 is 14.0. The molecule has 3 N–H and O–H groups in total. The molecular weight excluding hydrogens is 343 g/mol. The molecule has 0 bridgehead atoms. The topological polar surface area (TPSA) is 38.0 Å². The van der Waals surface area contributed by atoms with Gasteiger partial charge in [0.25, 0.3) is 0 Å². The maximum atomic E-state index is 13.5. The molecule has 0 amide bonds. The Morgan fingerprint density at radius 2 is 2.10 bits per heavy atom. The van der Waals surface area contributed by atoms with E-state index in [2.05, 4.69) is 21.4 Å². The number of hydrazine groups is 1. The van der Waals surface area contributed by atoms with Crippen LogP contribution in [0.1, 0.15) is 22.7 Å². The van der Waals surface area contributed by atoms with Crippen LogP contribution in [-0.2, 0) is 6.42 Å². The van der Waals surface area contributed by atoms with Crippen LogP contribution in [0.5, 0.6) is 0 Å². The third kappa shape index (κ3) is 3.58. The average Bonchev–Trinajstić information content (AvgIpc) is 2.39. The van der Waals surface area contributed by atoms with Crippen molar-refractivity contribution in [2.75, 3.05) is 0 Å². The maximum Gasteiger partial charge on any atom is 0.137 e. The number of rotatable bonds is 4. The standard InChI is InChI=1S/C15H15BrClFN2/c1-9-5-11(7-12(17)6-9)14(20-19)8-10-3-2-4-13(18)15(10)16/h2-7,14,20H,8,19H2,1H3. The quantitative estimate of drug-likeness (QED) is 0.632. The second-order valence-corrected chi connectivity index (χ2v) is 5.93. The van der Waals surface area contributed by atoms with Gasteiger partial charge in [-0.3, -0.25) is 11.3 Å². The number of hydrogen-bond acceptors (Lipinski definition) is 2. The van der Waals surface area contributed by atoms with Crippen LogP contribution in [0.2, 0.25) is 5.02 Å². The molecule has 2 aromatic carbocycles. The monoisotopic (exact) mass is 356 g/mol. The van der Waals surface area contributed by atoms with Crippen molar-refractivity contribution in [3.05, 3.63) is 68.4 Å². The van der Waals surface area contributed by atoms with Crippen LogP contribution in [0.25, 0.3) is 0 Å². The van der Waals surface area contributed by atoms with Gasteiger partial charge >= 0.3 is 0 Å². The Bertz CT molecular complexity index is 599. The molecule has 0 aliphatic rings. The third-order valence-corrected chi connectivity index (χ3v) is 4.23. The van der Waals surface area contributed by atoms with Crippen molar-refractivity contribution < 1.29 is 4.39 Å². The molecule has 0 saturated heterocycles. The summed E-state index contributed by atoms with van der Waals surface area (Å²) in [7, 11) is 0. The fourth-order valence-corrected chi connectivity index (χ4v) is 2.89. The van der Waals surface area contributed by atoms with Gasteiger partial charge in [-0.05, 0) is 64.2 Å². The highest BCUT2D eigenvalue weighted by Gasteiger charge is 2.15. The SMILES string of the molecule is Cc1cc(Cl)cc(C(Cc2cccc(F)c2Br)NN)c1. The zero-order chi connectivity index (χ0) is 14.7. The van der Waals surface area contributed by atoms with Gasteiger partial charge in [-0.25, -0.2) is 4.39 Å². The van der Waals surface area contributed by atoms with E-state index in [1.54, 1.807) is 6.07 Å². The number of hydrogen-bond donors (Lipinski definition) is 2. The smallest absolute Gasteiger partial charge is 0.137 e. The van der Waals surface area contributed by atoms with E-state index < -0.39 is 0 Å². The van der Waals surface area contributed by atoms with E-state index >= 15 is 0 Å². The highest BCUT2D eigenvalue weighted by molar-refractivity contribution is 9.10. The molecule has 0 spiro atoms. The number of nitrogens with two attached hydrogens (primary N) is 1. The number of nitrogens with one attached hydrogen (secondary N) is 1. The fraction of sp³-hybridized carbons (Fsp3) is 0.200. The molecule has 0 aliphatic heterocycles. The first-order valence-corrected chi connectivity index (χ1v) is 7.34. The predicted octanol–water partition coefficient (Wildman–Crippen LogP) is 4.30. The van der Waals surface area contributed by atoms with E-state index in [0.29, 0.717) is 15.9 Å². The van der Waals surface area contributed by atoms with Crippen molar-refractivity contribution in [3.63, 3.8) is 0 Å². The van der Waals surface area contributed by atoms with Gasteiger partial charge in [0, 0.05) is 5.02 Å². The van der Waals surface area contributed by atoms with Crippen LogP contribution in [0.4, 0.5) is 4.39 Å². The van der Waals surface area contributed by atoms with Gasteiger partial charge < -0.3 is 0 Å². The minimum atomic E-state index is -0.277. The molecule has 0 heterocycles. The Hall–Kier alpha value is -0.940. The highest BCUT2D eigenvalue weighted by Crippen LogP contribution is 2.27. The first-order valence-electron chi connectivity index (χ1n) is 6.17. The van der Waals surface area contributed by atoms with Gasteiger partial charge in [0.15, 0.2) is 0 Å². The summed E-state index contributed by atoms with van der Waals surface area (Å²) in [6, 6.07) is 10.6. The Morgan fingerprint density at radius 3 is 2.75 bits per heavy atom. The molecule has 106 valence electrons. The molecule has 5 heteroatoms. The lowest BCUT2D eigenvalue weighted by Crippen LogP contribution is -2.29. The molecule has 1 atom stereocenters. The first kappa shape index (κ1) is 15.4. The summed E-state index contributed by atoms with van der Waals surface area (Å²) in [6.07, 6.45) is 0.564. The van der Waals surface area contributed by atoms with Crippen LogP contribution in [0.15, 0.2) is 40.9 Å². The maximum absolute atomic E-state index is 13.5. The van der Waals surface area contributed by atoms with Crippen molar-refractivity contribution in [2.45, 2.75) is 19.4 Å². The predicted molar refractivity (Wildman–Crippen MR) is 84.1 cm³/mol. The van der Waals surface area contributed by atoms with E-state index in [1.807, 2.05) is 31.2 Å². The summed E-state index contributed by atoms with van der Waals surface area (Å²) in [6.45, 7) is 1.97. The lowest BCUT2D eigenvalue weighted by Gasteiger charge is -2.18. The summed E-state index contributed by atoms with van der Waals surface area (Å²) in [5.41, 5.74) is 5.66. The Morgan fingerprint density at radius 1 is 1.35 bits per heavy atom. The van der Waals surface area contributed by atoms with Crippen LogP contribution >= 0.6 is 27.5 Å². The fourth-order valence-electron chi connectivity index (χ4n) is 2.16. The molecule has 0 radical (unpaired) electrons. The number of aryl methyl sites for hydroxylation is 1. The second-order valence-electron chi connectivity index (χ2n) is 4.70. The van der Waals surface area contributed by atoms with Gasteiger partial charge in [-0.2, -0.15) is 0 Å². The Kier molecular flexibility index (Phi) is 5.16. The van der Waals surface area contributed by atoms with Crippen LogP contribution in [-0.4, -0.2) is 0 Å². The van der Waals surface area contributed by atoms with Crippen LogP contribution in [0, 0.1) is 12.7 Å². The zero-order valence-electron chi connectivity index (χ0n) is 11.0. The van der Waals surface area contributed by atoms with E-state index in [0.717, 1.165) is 16.7 Å². The molecule has 0 aromatic heterocycles. The van der Waals surface area contributed by atoms with E-state index in [1.165, 1.54) is 6.07 Å².